The fourth-order valence-electron chi connectivity index (χ4n) is 3.29. The van der Waals surface area contributed by atoms with E-state index in [1.807, 2.05) is 6.92 Å². The maximum absolute atomic E-state index is 14.3. The molecule has 0 aliphatic carbocycles. The second-order valence-electron chi connectivity index (χ2n) is 6.19. The van der Waals surface area contributed by atoms with Crippen molar-refractivity contribution in [2.24, 2.45) is 5.92 Å². The Morgan fingerprint density at radius 2 is 2.16 bits per heavy atom. The van der Waals surface area contributed by atoms with E-state index in [9.17, 15) is 14.0 Å². The van der Waals surface area contributed by atoms with Crippen LogP contribution in [0.3, 0.4) is 0 Å². The van der Waals surface area contributed by atoms with E-state index in [4.69, 9.17) is 0 Å². The Hall–Kier alpha value is -2.70. The normalized spacial score (nSPS) is 20.6. The number of rotatable bonds is 4. The molecule has 6 nitrogen and oxygen atoms in total. The van der Waals surface area contributed by atoms with E-state index in [-0.39, 0.29) is 18.2 Å². The van der Waals surface area contributed by atoms with Crippen LogP contribution < -0.4 is 5.32 Å². The number of carbonyl (C=O) groups excluding carboxylic acids is 2. The molecule has 2 aromatic rings. The Bertz CT molecular complexity index is 789. The van der Waals surface area contributed by atoms with Crippen molar-refractivity contribution in [2.75, 3.05) is 12.4 Å². The molecule has 1 N–H and O–H groups in total. The molecule has 1 aromatic heterocycles. The zero-order valence-corrected chi connectivity index (χ0v) is 14.3. The number of halogens is 1. The minimum atomic E-state index is -0.622. The van der Waals surface area contributed by atoms with Crippen LogP contribution in [0.25, 0.3) is 0 Å². The molecule has 132 valence electrons. The summed E-state index contributed by atoms with van der Waals surface area (Å²) >= 11 is 0. The maximum atomic E-state index is 14.3. The summed E-state index contributed by atoms with van der Waals surface area (Å²) in [6, 6.07) is 5.67. The highest BCUT2D eigenvalue weighted by Crippen LogP contribution is 2.37. The molecule has 25 heavy (non-hydrogen) atoms. The molecule has 1 aliphatic heterocycles. The molecule has 1 saturated heterocycles. The number of nitrogens with zero attached hydrogens (tertiary/aromatic N) is 3. The Morgan fingerprint density at radius 3 is 2.84 bits per heavy atom. The van der Waals surface area contributed by atoms with Crippen molar-refractivity contribution < 1.29 is 14.0 Å². The van der Waals surface area contributed by atoms with Gasteiger partial charge in [0, 0.05) is 31.8 Å². The average Bonchev–Trinajstić information content (AvgIpc) is 3.05. The van der Waals surface area contributed by atoms with Crippen LogP contribution in [0.2, 0.25) is 0 Å². The molecule has 1 aromatic carbocycles. The summed E-state index contributed by atoms with van der Waals surface area (Å²) in [5.41, 5.74) is 0.959. The molecule has 1 aliphatic rings. The van der Waals surface area contributed by atoms with Crippen LogP contribution in [0.1, 0.15) is 31.4 Å². The third kappa shape index (κ3) is 3.40. The minimum Gasteiger partial charge on any atom is -0.338 e. The van der Waals surface area contributed by atoms with Crippen LogP contribution in [0.15, 0.2) is 36.7 Å². The smallest absolute Gasteiger partial charge is 0.230 e. The van der Waals surface area contributed by atoms with E-state index >= 15 is 0 Å². The number of benzene rings is 1. The average molecular weight is 344 g/mol. The van der Waals surface area contributed by atoms with Gasteiger partial charge in [-0.1, -0.05) is 18.2 Å². The standard InChI is InChI=1S/C18H21FN4O2/c1-3-23-11-12(10-20-23)21-18(25)14-8-9-16(24)22(2)17(14)13-6-4-5-7-15(13)19/h4-7,10-11,14,17H,3,8-9H2,1-2H3,(H,21,25)/t14-,17-/m1/s1. The van der Waals surface area contributed by atoms with Gasteiger partial charge in [0.1, 0.15) is 5.82 Å². The summed E-state index contributed by atoms with van der Waals surface area (Å²) in [6.45, 7) is 2.66. The van der Waals surface area contributed by atoms with Crippen molar-refractivity contribution >= 4 is 17.5 Å². The van der Waals surface area contributed by atoms with Gasteiger partial charge in [0.15, 0.2) is 0 Å². The number of piperidine rings is 1. The molecule has 2 heterocycles. The lowest BCUT2D eigenvalue weighted by atomic mass is 9.83. The number of aryl methyl sites for hydroxylation is 1. The van der Waals surface area contributed by atoms with Crippen LogP contribution in [0.4, 0.5) is 10.1 Å². The number of likely N-dealkylation sites (tertiary alicyclic amines) is 1. The Kier molecular flexibility index (Phi) is 4.83. The van der Waals surface area contributed by atoms with E-state index in [1.165, 1.54) is 11.0 Å². The lowest BCUT2D eigenvalue weighted by Gasteiger charge is -2.38. The van der Waals surface area contributed by atoms with Crippen LogP contribution in [0.5, 0.6) is 0 Å². The van der Waals surface area contributed by atoms with Gasteiger partial charge in [0.05, 0.1) is 23.8 Å². The van der Waals surface area contributed by atoms with Gasteiger partial charge in [0.2, 0.25) is 11.8 Å². The molecule has 2 amide bonds. The van der Waals surface area contributed by atoms with Crippen molar-refractivity contribution in [1.29, 1.82) is 0 Å². The third-order valence-electron chi connectivity index (χ3n) is 4.65. The summed E-state index contributed by atoms with van der Waals surface area (Å²) in [7, 11) is 1.62. The molecule has 0 bridgehead atoms. The Labute approximate surface area is 145 Å². The number of anilines is 1. The monoisotopic (exact) mass is 344 g/mol. The Morgan fingerprint density at radius 1 is 1.40 bits per heavy atom. The molecule has 0 radical (unpaired) electrons. The molecule has 3 rings (SSSR count). The van der Waals surface area contributed by atoms with E-state index < -0.39 is 17.8 Å². The van der Waals surface area contributed by atoms with Crippen LogP contribution in [-0.2, 0) is 16.1 Å². The van der Waals surface area contributed by atoms with Gasteiger partial charge in [0.25, 0.3) is 0 Å². The summed E-state index contributed by atoms with van der Waals surface area (Å²) < 4.78 is 16.0. The van der Waals surface area contributed by atoms with E-state index in [1.54, 1.807) is 42.3 Å². The van der Waals surface area contributed by atoms with Gasteiger partial charge in [-0.15, -0.1) is 0 Å². The minimum absolute atomic E-state index is 0.0869. The van der Waals surface area contributed by atoms with Gasteiger partial charge in [-0.3, -0.25) is 14.3 Å². The van der Waals surface area contributed by atoms with Crippen LogP contribution in [0, 0.1) is 11.7 Å². The van der Waals surface area contributed by atoms with E-state index in [2.05, 4.69) is 10.4 Å². The highest BCUT2D eigenvalue weighted by Gasteiger charge is 2.40. The fourth-order valence-corrected chi connectivity index (χ4v) is 3.29. The summed E-state index contributed by atoms with van der Waals surface area (Å²) in [6.07, 6.45) is 3.98. The van der Waals surface area contributed by atoms with Crippen molar-refractivity contribution in [1.82, 2.24) is 14.7 Å². The molecule has 7 heteroatoms. The number of hydrogen-bond acceptors (Lipinski definition) is 3. The van der Waals surface area contributed by atoms with Gasteiger partial charge >= 0.3 is 0 Å². The van der Waals surface area contributed by atoms with Gasteiger partial charge in [-0.05, 0) is 19.4 Å². The van der Waals surface area contributed by atoms with Gasteiger partial charge < -0.3 is 10.2 Å². The summed E-state index contributed by atoms with van der Waals surface area (Å²) in [4.78, 5) is 26.4. The lowest BCUT2D eigenvalue weighted by Crippen LogP contribution is -2.44. The first-order valence-electron chi connectivity index (χ1n) is 8.34. The SMILES string of the molecule is CCn1cc(NC(=O)[C@@H]2CCC(=O)N(C)[C@@H]2c2ccccc2F)cn1. The van der Waals surface area contributed by atoms with Gasteiger partial charge in [-0.2, -0.15) is 5.10 Å². The number of hydrogen-bond donors (Lipinski definition) is 1. The number of carbonyl (C=O) groups is 2. The fraction of sp³-hybridized carbons (Fsp3) is 0.389. The zero-order valence-electron chi connectivity index (χ0n) is 14.3. The Balaban J connectivity index is 1.87. The second kappa shape index (κ2) is 7.04. The first kappa shape index (κ1) is 17.1. The molecule has 0 spiro atoms. The van der Waals surface area contributed by atoms with Crippen molar-refractivity contribution in [2.45, 2.75) is 32.4 Å². The molecule has 2 atom stereocenters. The molecule has 0 saturated carbocycles. The number of amides is 2. The molecule has 0 unspecified atom stereocenters. The maximum Gasteiger partial charge on any atom is 0.230 e. The first-order chi connectivity index (χ1) is 12.0. The summed E-state index contributed by atoms with van der Waals surface area (Å²) in [5, 5.41) is 6.97. The zero-order chi connectivity index (χ0) is 18.0. The quantitative estimate of drug-likeness (QED) is 0.927. The number of nitrogens with one attached hydrogen (secondary N) is 1. The lowest BCUT2D eigenvalue weighted by molar-refractivity contribution is -0.140. The first-order valence-corrected chi connectivity index (χ1v) is 8.34. The molecular weight excluding hydrogens is 323 g/mol. The highest BCUT2D eigenvalue weighted by atomic mass is 19.1. The van der Waals surface area contributed by atoms with Crippen LogP contribution in [-0.4, -0.2) is 33.5 Å². The van der Waals surface area contributed by atoms with Crippen LogP contribution >= 0.6 is 0 Å². The number of aromatic nitrogens is 2. The largest absolute Gasteiger partial charge is 0.338 e. The second-order valence-corrected chi connectivity index (χ2v) is 6.19. The van der Waals surface area contributed by atoms with Crippen molar-refractivity contribution in [3.05, 3.63) is 48.0 Å². The van der Waals surface area contributed by atoms with E-state index in [0.717, 1.165) is 0 Å². The highest BCUT2D eigenvalue weighted by molar-refractivity contribution is 5.94. The van der Waals surface area contributed by atoms with Gasteiger partial charge in [-0.25, -0.2) is 4.39 Å². The van der Waals surface area contributed by atoms with E-state index in [0.29, 0.717) is 24.2 Å². The van der Waals surface area contributed by atoms with Crippen molar-refractivity contribution in [3.63, 3.8) is 0 Å². The topological polar surface area (TPSA) is 67.2 Å². The van der Waals surface area contributed by atoms with Crippen molar-refractivity contribution in [3.8, 4) is 0 Å². The third-order valence-corrected chi connectivity index (χ3v) is 4.65. The molecular formula is C18H21FN4O2. The predicted molar refractivity (Wildman–Crippen MR) is 91.2 cm³/mol. The summed E-state index contributed by atoms with van der Waals surface area (Å²) in [5.74, 6) is -1.26. The molecule has 1 fully saturated rings. The predicted octanol–water partition coefficient (Wildman–Crippen LogP) is 2.59.